The third kappa shape index (κ3) is 4.94. The molecule has 2 fully saturated rings. The van der Waals surface area contributed by atoms with Gasteiger partial charge in [-0.15, -0.1) is 0 Å². The first-order chi connectivity index (χ1) is 8.84. The molecule has 0 aromatic carbocycles. The van der Waals surface area contributed by atoms with E-state index in [-0.39, 0.29) is 5.91 Å². The van der Waals surface area contributed by atoms with E-state index in [0.29, 0.717) is 6.42 Å². The summed E-state index contributed by atoms with van der Waals surface area (Å²) in [5, 5.41) is 3.03. The summed E-state index contributed by atoms with van der Waals surface area (Å²) in [6, 6.07) is 0. The van der Waals surface area contributed by atoms with Crippen LogP contribution in [0.1, 0.15) is 38.5 Å². The van der Waals surface area contributed by atoms with Crippen molar-refractivity contribution < 1.29 is 9.53 Å². The minimum absolute atomic E-state index is 0.232. The van der Waals surface area contributed by atoms with E-state index in [9.17, 15) is 4.79 Å². The van der Waals surface area contributed by atoms with Crippen LogP contribution in [-0.4, -0.2) is 50.2 Å². The average Bonchev–Trinajstić information content (AvgIpc) is 2.91. The quantitative estimate of drug-likeness (QED) is 0.779. The molecule has 1 heterocycles. The molecule has 104 valence electrons. The van der Waals surface area contributed by atoms with E-state index >= 15 is 0 Å². The fourth-order valence-electron chi connectivity index (χ4n) is 2.90. The van der Waals surface area contributed by atoms with Crippen LogP contribution in [-0.2, 0) is 9.53 Å². The van der Waals surface area contributed by atoms with Crippen LogP contribution >= 0.6 is 0 Å². The molecule has 18 heavy (non-hydrogen) atoms. The summed E-state index contributed by atoms with van der Waals surface area (Å²) in [6.07, 6.45) is 7.20. The Morgan fingerprint density at radius 3 is 2.67 bits per heavy atom. The van der Waals surface area contributed by atoms with Crippen molar-refractivity contribution in [2.75, 3.05) is 39.4 Å². The molecule has 1 aliphatic carbocycles. The third-order valence-electron chi connectivity index (χ3n) is 4.11. The standard InChI is InChI=1S/C14H26N2O2/c17-14(6-5-13-3-1-2-4-13)15-7-8-16-9-11-18-12-10-16/h13H,1-12H2,(H,15,17). The first-order valence-corrected chi connectivity index (χ1v) is 7.41. The molecular formula is C14H26N2O2. The van der Waals surface area contributed by atoms with Gasteiger partial charge in [-0.25, -0.2) is 0 Å². The van der Waals surface area contributed by atoms with Crippen LogP contribution in [0.4, 0.5) is 0 Å². The predicted octanol–water partition coefficient (Wildman–Crippen LogP) is 1.41. The van der Waals surface area contributed by atoms with Crippen molar-refractivity contribution in [3.05, 3.63) is 0 Å². The molecule has 1 N–H and O–H groups in total. The van der Waals surface area contributed by atoms with Gasteiger partial charge in [0.25, 0.3) is 0 Å². The highest BCUT2D eigenvalue weighted by molar-refractivity contribution is 5.75. The van der Waals surface area contributed by atoms with Crippen molar-refractivity contribution in [2.24, 2.45) is 5.92 Å². The molecule has 1 aliphatic heterocycles. The SMILES string of the molecule is O=C(CCC1CCCC1)NCCN1CCOCC1. The molecule has 0 aromatic heterocycles. The summed E-state index contributed by atoms with van der Waals surface area (Å²) in [5.41, 5.74) is 0. The van der Waals surface area contributed by atoms with Crippen LogP contribution < -0.4 is 5.32 Å². The molecule has 4 heteroatoms. The Morgan fingerprint density at radius 2 is 1.94 bits per heavy atom. The van der Waals surface area contributed by atoms with Crippen molar-refractivity contribution in [2.45, 2.75) is 38.5 Å². The normalized spacial score (nSPS) is 22.2. The Balaban J connectivity index is 1.48. The third-order valence-corrected chi connectivity index (χ3v) is 4.11. The van der Waals surface area contributed by atoms with E-state index in [2.05, 4.69) is 10.2 Å². The first kappa shape index (κ1) is 13.8. The molecule has 4 nitrogen and oxygen atoms in total. The van der Waals surface area contributed by atoms with E-state index in [1.807, 2.05) is 0 Å². The molecule has 1 saturated heterocycles. The zero-order valence-corrected chi connectivity index (χ0v) is 11.3. The highest BCUT2D eigenvalue weighted by atomic mass is 16.5. The van der Waals surface area contributed by atoms with Crippen molar-refractivity contribution >= 4 is 5.91 Å². The van der Waals surface area contributed by atoms with E-state index < -0.39 is 0 Å². The molecule has 1 saturated carbocycles. The van der Waals surface area contributed by atoms with Crippen molar-refractivity contribution in [3.63, 3.8) is 0 Å². The van der Waals surface area contributed by atoms with E-state index in [1.54, 1.807) is 0 Å². The lowest BCUT2D eigenvalue weighted by Crippen LogP contribution is -2.41. The summed E-state index contributed by atoms with van der Waals surface area (Å²) in [7, 11) is 0. The summed E-state index contributed by atoms with van der Waals surface area (Å²) >= 11 is 0. The number of carbonyl (C=O) groups excluding carboxylic acids is 1. The van der Waals surface area contributed by atoms with Crippen LogP contribution in [0.25, 0.3) is 0 Å². The Morgan fingerprint density at radius 1 is 1.22 bits per heavy atom. The number of hydrogen-bond acceptors (Lipinski definition) is 3. The van der Waals surface area contributed by atoms with Gasteiger partial charge in [-0.2, -0.15) is 0 Å². The number of hydrogen-bond donors (Lipinski definition) is 1. The predicted molar refractivity (Wildman–Crippen MR) is 71.5 cm³/mol. The summed E-state index contributed by atoms with van der Waals surface area (Å²) in [4.78, 5) is 14.0. The molecule has 0 radical (unpaired) electrons. The monoisotopic (exact) mass is 254 g/mol. The number of carbonyl (C=O) groups is 1. The Labute approximate surface area is 110 Å². The van der Waals surface area contributed by atoms with Crippen LogP contribution in [0.5, 0.6) is 0 Å². The molecule has 0 aromatic rings. The molecule has 2 rings (SSSR count). The number of amides is 1. The van der Waals surface area contributed by atoms with Crippen LogP contribution in [0.3, 0.4) is 0 Å². The van der Waals surface area contributed by atoms with Crippen LogP contribution in [0.15, 0.2) is 0 Å². The van der Waals surface area contributed by atoms with E-state index in [1.165, 1.54) is 25.7 Å². The van der Waals surface area contributed by atoms with Crippen molar-refractivity contribution in [3.8, 4) is 0 Å². The topological polar surface area (TPSA) is 41.6 Å². The lowest BCUT2D eigenvalue weighted by atomic mass is 10.0. The molecule has 2 aliphatic rings. The fourth-order valence-corrected chi connectivity index (χ4v) is 2.90. The van der Waals surface area contributed by atoms with Gasteiger partial charge in [-0.1, -0.05) is 25.7 Å². The van der Waals surface area contributed by atoms with E-state index in [4.69, 9.17) is 4.74 Å². The maximum atomic E-state index is 11.7. The van der Waals surface area contributed by atoms with Crippen LogP contribution in [0, 0.1) is 5.92 Å². The van der Waals surface area contributed by atoms with Gasteiger partial charge in [0.05, 0.1) is 13.2 Å². The van der Waals surface area contributed by atoms with Crippen molar-refractivity contribution in [1.29, 1.82) is 0 Å². The van der Waals surface area contributed by atoms with Gasteiger partial charge in [-0.05, 0) is 12.3 Å². The summed E-state index contributed by atoms with van der Waals surface area (Å²) in [5.74, 6) is 1.05. The number of nitrogens with zero attached hydrogens (tertiary/aromatic N) is 1. The Hall–Kier alpha value is -0.610. The second kappa shape index (κ2) is 7.74. The Bertz CT molecular complexity index is 246. The van der Waals surface area contributed by atoms with Crippen LogP contribution in [0.2, 0.25) is 0 Å². The molecule has 0 bridgehead atoms. The van der Waals surface area contributed by atoms with Gasteiger partial charge >= 0.3 is 0 Å². The number of nitrogens with one attached hydrogen (secondary N) is 1. The lowest BCUT2D eigenvalue weighted by Gasteiger charge is -2.26. The average molecular weight is 254 g/mol. The van der Waals surface area contributed by atoms with E-state index in [0.717, 1.165) is 51.7 Å². The maximum Gasteiger partial charge on any atom is 0.220 e. The lowest BCUT2D eigenvalue weighted by molar-refractivity contribution is -0.121. The van der Waals surface area contributed by atoms with Gasteiger partial charge in [0.2, 0.25) is 5.91 Å². The zero-order valence-electron chi connectivity index (χ0n) is 11.3. The van der Waals surface area contributed by atoms with Gasteiger partial charge < -0.3 is 10.1 Å². The maximum absolute atomic E-state index is 11.7. The molecule has 0 unspecified atom stereocenters. The minimum Gasteiger partial charge on any atom is -0.379 e. The summed E-state index contributed by atoms with van der Waals surface area (Å²) < 4.78 is 5.29. The van der Waals surface area contributed by atoms with Gasteiger partial charge in [0.1, 0.15) is 0 Å². The number of rotatable bonds is 6. The number of ether oxygens (including phenoxy) is 1. The van der Waals surface area contributed by atoms with Gasteiger partial charge in [0.15, 0.2) is 0 Å². The van der Waals surface area contributed by atoms with Gasteiger partial charge in [-0.3, -0.25) is 9.69 Å². The smallest absolute Gasteiger partial charge is 0.220 e. The highest BCUT2D eigenvalue weighted by Crippen LogP contribution is 2.28. The first-order valence-electron chi connectivity index (χ1n) is 7.41. The second-order valence-corrected chi connectivity index (χ2v) is 5.49. The minimum atomic E-state index is 0.232. The molecular weight excluding hydrogens is 228 g/mol. The number of morpholine rings is 1. The largest absolute Gasteiger partial charge is 0.379 e. The molecule has 0 atom stereocenters. The molecule has 0 spiro atoms. The highest BCUT2D eigenvalue weighted by Gasteiger charge is 2.16. The summed E-state index contributed by atoms with van der Waals surface area (Å²) in [6.45, 7) is 5.39. The second-order valence-electron chi connectivity index (χ2n) is 5.49. The Kier molecular flexibility index (Phi) is 5.94. The zero-order chi connectivity index (χ0) is 12.6. The van der Waals surface area contributed by atoms with Gasteiger partial charge in [0, 0.05) is 32.6 Å². The molecule has 1 amide bonds. The van der Waals surface area contributed by atoms with Crippen molar-refractivity contribution in [1.82, 2.24) is 10.2 Å². The fraction of sp³-hybridized carbons (Fsp3) is 0.929.